The molecule has 0 aromatic rings. The van der Waals surface area contributed by atoms with Crippen LogP contribution in [0.25, 0.3) is 0 Å². The Morgan fingerprint density at radius 3 is 2.33 bits per heavy atom. The maximum absolute atomic E-state index is 11.0. The van der Waals surface area contributed by atoms with Crippen molar-refractivity contribution < 1.29 is 14.7 Å². The fraction of sp³-hybridized carbons (Fsp3) is 0.556. The number of carboxylic acid groups (broad SMARTS) is 1. The number of carboxylic acids is 1. The predicted molar refractivity (Wildman–Crippen MR) is 87.3 cm³/mol. The minimum Gasteiger partial charge on any atom is -0.481 e. The first kappa shape index (κ1) is 19.4. The zero-order valence-electron chi connectivity index (χ0n) is 13.1. The Kier molecular flexibility index (Phi) is 13.6. The molecule has 21 heavy (non-hydrogen) atoms. The molecule has 0 saturated heterocycles. The Bertz CT molecular complexity index is 365. The summed E-state index contributed by atoms with van der Waals surface area (Å²) in [6.07, 6.45) is 19.7. The molecule has 1 N–H and O–H groups in total. The Morgan fingerprint density at radius 1 is 0.905 bits per heavy atom. The van der Waals surface area contributed by atoms with E-state index in [1.54, 1.807) is 12.2 Å². The van der Waals surface area contributed by atoms with E-state index in [0.29, 0.717) is 12.8 Å². The second kappa shape index (κ2) is 14.8. The molecule has 0 radical (unpaired) electrons. The Morgan fingerprint density at radius 2 is 1.62 bits per heavy atom. The first-order valence-electron chi connectivity index (χ1n) is 7.89. The number of carbonyl (C=O) groups is 2. The summed E-state index contributed by atoms with van der Waals surface area (Å²) >= 11 is 0. The molecule has 0 heterocycles. The maximum Gasteiger partial charge on any atom is 0.303 e. The van der Waals surface area contributed by atoms with E-state index in [2.05, 4.69) is 12.2 Å². The summed E-state index contributed by atoms with van der Waals surface area (Å²) in [7, 11) is 0. The average Bonchev–Trinajstić information content (AvgIpc) is 2.46. The maximum atomic E-state index is 11.0. The molecule has 3 nitrogen and oxygen atoms in total. The molecule has 0 atom stereocenters. The minimum absolute atomic E-state index is 0.151. The largest absolute Gasteiger partial charge is 0.481 e. The fourth-order valence-electron chi connectivity index (χ4n) is 1.80. The molecule has 0 spiro atoms. The van der Waals surface area contributed by atoms with Gasteiger partial charge in [0.25, 0.3) is 0 Å². The van der Waals surface area contributed by atoms with Gasteiger partial charge in [-0.3, -0.25) is 9.59 Å². The van der Waals surface area contributed by atoms with Gasteiger partial charge in [0.15, 0.2) is 5.78 Å². The number of hydrogen-bond donors (Lipinski definition) is 1. The molecule has 0 saturated carbocycles. The van der Waals surface area contributed by atoms with Gasteiger partial charge in [0.2, 0.25) is 0 Å². The van der Waals surface area contributed by atoms with Crippen molar-refractivity contribution in [1.29, 1.82) is 0 Å². The van der Waals surface area contributed by atoms with E-state index in [9.17, 15) is 9.59 Å². The van der Waals surface area contributed by atoms with E-state index >= 15 is 0 Å². The van der Waals surface area contributed by atoms with Crippen molar-refractivity contribution in [2.24, 2.45) is 0 Å². The Labute approximate surface area is 128 Å². The van der Waals surface area contributed by atoms with E-state index in [1.165, 1.54) is 6.42 Å². The van der Waals surface area contributed by atoms with Gasteiger partial charge < -0.3 is 5.11 Å². The lowest BCUT2D eigenvalue weighted by molar-refractivity contribution is -0.137. The summed E-state index contributed by atoms with van der Waals surface area (Å²) in [6.45, 7) is 1.85. The van der Waals surface area contributed by atoms with Crippen LogP contribution in [0, 0.1) is 0 Å². The van der Waals surface area contributed by atoms with E-state index in [4.69, 9.17) is 5.11 Å². The van der Waals surface area contributed by atoms with Crippen LogP contribution >= 0.6 is 0 Å². The zero-order valence-corrected chi connectivity index (χ0v) is 13.1. The highest BCUT2D eigenvalue weighted by Crippen LogP contribution is 2.07. The van der Waals surface area contributed by atoms with Gasteiger partial charge in [-0.25, -0.2) is 0 Å². The quantitative estimate of drug-likeness (QED) is 0.229. The number of ketones is 1. The number of allylic oxidation sites excluding steroid dienone is 6. The first-order chi connectivity index (χ1) is 10.2. The molecule has 118 valence electrons. The summed E-state index contributed by atoms with van der Waals surface area (Å²) < 4.78 is 0. The number of hydrogen-bond acceptors (Lipinski definition) is 2. The normalized spacial score (nSPS) is 11.9. The molecule has 0 aromatic heterocycles. The standard InChI is InChI=1S/C18H28O3/c1-2-17(19)15-13-11-9-7-5-3-4-6-8-10-12-14-16-18(20)21/h3,5,9,11,13,15H,2,4,6-8,10,12,14,16H2,1H3,(H,20,21)/b5-3-,11-9-,15-13+. The first-order valence-corrected chi connectivity index (χ1v) is 7.89. The Hall–Kier alpha value is -1.64. The molecule has 0 bridgehead atoms. The van der Waals surface area contributed by atoms with Crippen LogP contribution in [0.3, 0.4) is 0 Å². The van der Waals surface area contributed by atoms with Crippen LogP contribution in [-0.2, 0) is 9.59 Å². The lowest BCUT2D eigenvalue weighted by atomic mass is 10.1. The van der Waals surface area contributed by atoms with Gasteiger partial charge >= 0.3 is 5.97 Å². The van der Waals surface area contributed by atoms with Crippen LogP contribution < -0.4 is 0 Å². The van der Waals surface area contributed by atoms with Crippen LogP contribution in [0.4, 0.5) is 0 Å². The van der Waals surface area contributed by atoms with E-state index in [1.807, 2.05) is 19.1 Å². The molecule has 0 aliphatic rings. The van der Waals surface area contributed by atoms with Gasteiger partial charge in [0.1, 0.15) is 0 Å². The summed E-state index contributed by atoms with van der Waals surface area (Å²) in [6, 6.07) is 0. The molecule has 0 aromatic carbocycles. The average molecular weight is 292 g/mol. The van der Waals surface area contributed by atoms with Gasteiger partial charge in [0.05, 0.1) is 0 Å². The molecule has 0 aliphatic heterocycles. The lowest BCUT2D eigenvalue weighted by Crippen LogP contribution is -1.93. The number of carbonyl (C=O) groups excluding carboxylic acids is 1. The molecular weight excluding hydrogens is 264 g/mol. The fourth-order valence-corrected chi connectivity index (χ4v) is 1.80. The van der Waals surface area contributed by atoms with Gasteiger partial charge in [-0.2, -0.15) is 0 Å². The van der Waals surface area contributed by atoms with Crippen molar-refractivity contribution in [2.45, 2.75) is 64.7 Å². The van der Waals surface area contributed by atoms with Crippen molar-refractivity contribution in [3.63, 3.8) is 0 Å². The van der Waals surface area contributed by atoms with Gasteiger partial charge in [-0.15, -0.1) is 0 Å². The van der Waals surface area contributed by atoms with Crippen molar-refractivity contribution in [3.05, 3.63) is 36.5 Å². The molecular formula is C18H28O3. The summed E-state index contributed by atoms with van der Waals surface area (Å²) in [5, 5.41) is 8.49. The second-order valence-corrected chi connectivity index (χ2v) is 5.01. The SMILES string of the molecule is CCC(=O)/C=C/C=C\C/C=C\CCCCCCCC(=O)O. The van der Waals surface area contributed by atoms with Crippen LogP contribution in [0.5, 0.6) is 0 Å². The summed E-state index contributed by atoms with van der Waals surface area (Å²) in [5.74, 6) is -0.543. The van der Waals surface area contributed by atoms with Crippen molar-refractivity contribution in [2.75, 3.05) is 0 Å². The number of unbranched alkanes of at least 4 members (excludes halogenated alkanes) is 5. The molecule has 0 amide bonds. The highest BCUT2D eigenvalue weighted by atomic mass is 16.4. The second-order valence-electron chi connectivity index (χ2n) is 5.01. The number of aliphatic carboxylic acids is 1. The molecule has 3 heteroatoms. The number of rotatable bonds is 13. The van der Waals surface area contributed by atoms with Gasteiger partial charge in [-0.05, 0) is 31.8 Å². The third-order valence-electron chi connectivity index (χ3n) is 3.08. The molecule has 0 fully saturated rings. The van der Waals surface area contributed by atoms with Crippen LogP contribution in [0.1, 0.15) is 64.7 Å². The van der Waals surface area contributed by atoms with Crippen molar-refractivity contribution in [1.82, 2.24) is 0 Å². The van der Waals surface area contributed by atoms with E-state index < -0.39 is 5.97 Å². The molecule has 0 rings (SSSR count). The van der Waals surface area contributed by atoms with E-state index in [0.717, 1.165) is 38.5 Å². The van der Waals surface area contributed by atoms with Crippen LogP contribution in [-0.4, -0.2) is 16.9 Å². The molecule has 0 aliphatic carbocycles. The monoisotopic (exact) mass is 292 g/mol. The Balaban J connectivity index is 3.37. The molecule has 0 unspecified atom stereocenters. The zero-order chi connectivity index (χ0) is 15.8. The van der Waals surface area contributed by atoms with Crippen LogP contribution in [0.2, 0.25) is 0 Å². The smallest absolute Gasteiger partial charge is 0.303 e. The van der Waals surface area contributed by atoms with Gasteiger partial charge in [-0.1, -0.05) is 56.6 Å². The third kappa shape index (κ3) is 16.3. The minimum atomic E-state index is -0.695. The van der Waals surface area contributed by atoms with E-state index in [-0.39, 0.29) is 5.78 Å². The van der Waals surface area contributed by atoms with Crippen molar-refractivity contribution in [3.8, 4) is 0 Å². The highest BCUT2D eigenvalue weighted by molar-refractivity contribution is 5.89. The summed E-state index contributed by atoms with van der Waals surface area (Å²) in [4.78, 5) is 21.3. The highest BCUT2D eigenvalue weighted by Gasteiger charge is 1.95. The topological polar surface area (TPSA) is 54.4 Å². The lowest BCUT2D eigenvalue weighted by Gasteiger charge is -1.98. The summed E-state index contributed by atoms with van der Waals surface area (Å²) in [5.41, 5.74) is 0. The van der Waals surface area contributed by atoms with Crippen molar-refractivity contribution >= 4 is 11.8 Å². The third-order valence-corrected chi connectivity index (χ3v) is 3.08. The predicted octanol–water partition coefficient (Wildman–Crippen LogP) is 4.84. The van der Waals surface area contributed by atoms with Gasteiger partial charge in [0, 0.05) is 12.8 Å². The van der Waals surface area contributed by atoms with Crippen LogP contribution in [0.15, 0.2) is 36.5 Å².